The lowest BCUT2D eigenvalue weighted by Gasteiger charge is -2.05. The smallest absolute Gasteiger partial charge is 0.234 e. The summed E-state index contributed by atoms with van der Waals surface area (Å²) < 4.78 is 1.25. The summed E-state index contributed by atoms with van der Waals surface area (Å²) in [6, 6.07) is 3.54. The highest BCUT2D eigenvalue weighted by Gasteiger charge is 2.08. The number of nitrogens with two attached hydrogens (primary N) is 2. The number of hydrogen-bond acceptors (Lipinski definition) is 4. The zero-order chi connectivity index (χ0) is 9.68. The molecule has 1 atom stereocenters. The molecule has 0 aliphatic heterocycles. The molecule has 1 unspecified atom stereocenters. The number of primary amides is 1. The lowest BCUT2D eigenvalue weighted by molar-refractivity contribution is -0.119. The maximum Gasteiger partial charge on any atom is 0.234 e. The highest BCUT2D eigenvalue weighted by molar-refractivity contribution is 8.01. The minimum absolute atomic E-state index is 0.424. The van der Waals surface area contributed by atoms with Crippen LogP contribution in [-0.4, -0.2) is 17.7 Å². The lowest BCUT2D eigenvalue weighted by atomic mass is 10.2. The van der Waals surface area contributed by atoms with Gasteiger partial charge in [0.2, 0.25) is 5.91 Å². The van der Waals surface area contributed by atoms with Crippen molar-refractivity contribution in [3.8, 4) is 0 Å². The zero-order valence-electron chi connectivity index (χ0n) is 7.10. The van der Waals surface area contributed by atoms with Crippen molar-refractivity contribution in [2.75, 3.05) is 5.75 Å². The van der Waals surface area contributed by atoms with Crippen LogP contribution in [-0.2, 0) is 4.79 Å². The Kier molecular flexibility index (Phi) is 4.27. The third-order valence-electron chi connectivity index (χ3n) is 1.53. The molecule has 1 rings (SSSR count). The first-order valence-corrected chi connectivity index (χ1v) is 5.78. The van der Waals surface area contributed by atoms with Crippen molar-refractivity contribution in [2.24, 2.45) is 11.5 Å². The molecule has 0 aliphatic rings. The highest BCUT2D eigenvalue weighted by Crippen LogP contribution is 2.23. The van der Waals surface area contributed by atoms with E-state index in [0.29, 0.717) is 6.42 Å². The second-order valence-corrected chi connectivity index (χ2v) is 4.92. The van der Waals surface area contributed by atoms with Crippen molar-refractivity contribution in [3.63, 3.8) is 0 Å². The summed E-state index contributed by atoms with van der Waals surface area (Å²) in [5.74, 6) is 0.414. The van der Waals surface area contributed by atoms with Gasteiger partial charge in [-0.3, -0.25) is 4.79 Å². The molecule has 0 aromatic carbocycles. The Balaban J connectivity index is 2.18. The highest BCUT2D eigenvalue weighted by atomic mass is 32.2. The molecular formula is C8H12N2OS2. The van der Waals surface area contributed by atoms with Crippen molar-refractivity contribution in [2.45, 2.75) is 16.7 Å². The van der Waals surface area contributed by atoms with Gasteiger partial charge in [0.25, 0.3) is 0 Å². The molecule has 4 N–H and O–H groups in total. The minimum atomic E-state index is -0.507. The molecule has 0 bridgehead atoms. The van der Waals surface area contributed by atoms with Crippen LogP contribution in [0.5, 0.6) is 0 Å². The van der Waals surface area contributed by atoms with E-state index >= 15 is 0 Å². The Hall–Kier alpha value is -0.520. The molecule has 0 fully saturated rings. The molecule has 0 saturated heterocycles. The van der Waals surface area contributed by atoms with E-state index in [2.05, 4.69) is 0 Å². The van der Waals surface area contributed by atoms with Crippen LogP contribution in [0.3, 0.4) is 0 Å². The second kappa shape index (κ2) is 5.26. The summed E-state index contributed by atoms with van der Waals surface area (Å²) in [5, 5.41) is 2.02. The average Bonchev–Trinajstić information content (AvgIpc) is 2.56. The Bertz CT molecular complexity index is 261. The standard InChI is InChI=1S/C8H12N2OS2/c9-6(8(10)11)3-5-13-7-2-1-4-12-7/h1-2,4,6H,3,5,9H2,(H2,10,11). The number of carbonyl (C=O) groups is 1. The Morgan fingerprint density at radius 2 is 2.46 bits per heavy atom. The Morgan fingerprint density at radius 3 is 3.00 bits per heavy atom. The molecule has 5 heteroatoms. The van der Waals surface area contributed by atoms with Gasteiger partial charge in [0.1, 0.15) is 0 Å². The van der Waals surface area contributed by atoms with E-state index in [4.69, 9.17) is 11.5 Å². The average molecular weight is 216 g/mol. The lowest BCUT2D eigenvalue weighted by Crippen LogP contribution is -2.36. The SMILES string of the molecule is NC(=O)C(N)CCSc1cccs1. The fraction of sp³-hybridized carbons (Fsp3) is 0.375. The first-order chi connectivity index (χ1) is 6.20. The van der Waals surface area contributed by atoms with Crippen LogP contribution in [0.25, 0.3) is 0 Å². The fourth-order valence-corrected chi connectivity index (χ4v) is 2.66. The summed E-state index contributed by atoms with van der Waals surface area (Å²) in [6.07, 6.45) is 0.637. The van der Waals surface area contributed by atoms with Gasteiger partial charge < -0.3 is 11.5 Å². The molecule has 1 amide bonds. The zero-order valence-corrected chi connectivity index (χ0v) is 8.74. The van der Waals surface area contributed by atoms with E-state index in [1.54, 1.807) is 23.1 Å². The van der Waals surface area contributed by atoms with Crippen LogP contribution < -0.4 is 11.5 Å². The monoisotopic (exact) mass is 216 g/mol. The summed E-state index contributed by atoms with van der Waals surface area (Å²) in [7, 11) is 0. The fourth-order valence-electron chi connectivity index (χ4n) is 0.774. The largest absolute Gasteiger partial charge is 0.368 e. The van der Waals surface area contributed by atoms with E-state index in [1.165, 1.54) is 4.21 Å². The van der Waals surface area contributed by atoms with E-state index in [1.807, 2.05) is 17.5 Å². The second-order valence-electron chi connectivity index (χ2n) is 2.58. The number of hydrogen-bond donors (Lipinski definition) is 2. The van der Waals surface area contributed by atoms with Gasteiger partial charge in [0.05, 0.1) is 10.3 Å². The molecule has 0 aliphatic carbocycles. The van der Waals surface area contributed by atoms with Crippen LogP contribution >= 0.6 is 23.1 Å². The van der Waals surface area contributed by atoms with Crippen LogP contribution in [0, 0.1) is 0 Å². The molecule has 1 heterocycles. The number of thiophene rings is 1. The van der Waals surface area contributed by atoms with Gasteiger partial charge in [-0.2, -0.15) is 0 Å². The molecule has 3 nitrogen and oxygen atoms in total. The molecule has 1 aromatic heterocycles. The van der Waals surface area contributed by atoms with Gasteiger partial charge in [-0.05, 0) is 17.9 Å². The van der Waals surface area contributed by atoms with Crippen LogP contribution in [0.15, 0.2) is 21.7 Å². The summed E-state index contributed by atoms with van der Waals surface area (Å²) >= 11 is 3.39. The quantitative estimate of drug-likeness (QED) is 0.723. The normalized spacial score (nSPS) is 12.7. The summed E-state index contributed by atoms with van der Waals surface area (Å²) in [6.45, 7) is 0. The van der Waals surface area contributed by atoms with Gasteiger partial charge in [-0.1, -0.05) is 6.07 Å². The predicted molar refractivity (Wildman–Crippen MR) is 56.8 cm³/mol. The topological polar surface area (TPSA) is 69.1 Å². The Morgan fingerprint density at radius 1 is 1.69 bits per heavy atom. The number of amides is 1. The Labute approximate surface area is 85.5 Å². The van der Waals surface area contributed by atoms with E-state index in [-0.39, 0.29) is 0 Å². The van der Waals surface area contributed by atoms with E-state index < -0.39 is 11.9 Å². The summed E-state index contributed by atoms with van der Waals surface area (Å²) in [5.41, 5.74) is 10.5. The number of rotatable bonds is 5. The first-order valence-electron chi connectivity index (χ1n) is 3.91. The molecule has 1 aromatic rings. The third-order valence-corrected chi connectivity index (χ3v) is 3.70. The van der Waals surface area contributed by atoms with E-state index in [9.17, 15) is 4.79 Å². The van der Waals surface area contributed by atoms with Crippen molar-refractivity contribution in [1.29, 1.82) is 0 Å². The van der Waals surface area contributed by atoms with Gasteiger partial charge in [0.15, 0.2) is 0 Å². The molecular weight excluding hydrogens is 204 g/mol. The third kappa shape index (κ3) is 3.80. The molecule has 13 heavy (non-hydrogen) atoms. The van der Waals surface area contributed by atoms with Crippen molar-refractivity contribution < 1.29 is 4.79 Å². The van der Waals surface area contributed by atoms with Crippen molar-refractivity contribution in [3.05, 3.63) is 17.5 Å². The first kappa shape index (κ1) is 10.6. The molecule has 0 spiro atoms. The van der Waals surface area contributed by atoms with E-state index in [0.717, 1.165) is 5.75 Å². The van der Waals surface area contributed by atoms with Gasteiger partial charge in [-0.25, -0.2) is 0 Å². The predicted octanol–water partition coefficient (Wildman–Crippen LogP) is 1.04. The molecule has 0 saturated carbocycles. The number of thioether (sulfide) groups is 1. The van der Waals surface area contributed by atoms with Gasteiger partial charge in [0, 0.05) is 5.75 Å². The van der Waals surface area contributed by atoms with Crippen LogP contribution in [0.1, 0.15) is 6.42 Å². The van der Waals surface area contributed by atoms with Gasteiger partial charge >= 0.3 is 0 Å². The minimum Gasteiger partial charge on any atom is -0.368 e. The molecule has 72 valence electrons. The number of carbonyl (C=O) groups excluding carboxylic acids is 1. The van der Waals surface area contributed by atoms with Crippen molar-refractivity contribution >= 4 is 29.0 Å². The van der Waals surface area contributed by atoms with Gasteiger partial charge in [-0.15, -0.1) is 23.1 Å². The maximum absolute atomic E-state index is 10.6. The van der Waals surface area contributed by atoms with Crippen molar-refractivity contribution in [1.82, 2.24) is 0 Å². The maximum atomic E-state index is 10.6. The van der Waals surface area contributed by atoms with Crippen LogP contribution in [0.4, 0.5) is 0 Å². The summed E-state index contributed by atoms with van der Waals surface area (Å²) in [4.78, 5) is 10.6. The van der Waals surface area contributed by atoms with Crippen LogP contribution in [0.2, 0.25) is 0 Å². The molecule has 0 radical (unpaired) electrons.